The number of rotatable bonds is 3. The van der Waals surface area contributed by atoms with Gasteiger partial charge in [0.05, 0.1) is 12.1 Å². The minimum Gasteiger partial charge on any atom is -0.380 e. The standard InChI is InChI=1S/C11H10F5NO2/c1-10(19,11(14,15)16)5-9(18)17-8-3-2-6(12)4-7(8)13/h2-4,19H,5H2,1H3,(H,17,18)/t10-/m1/s1. The number of alkyl halides is 3. The number of hydrogen-bond acceptors (Lipinski definition) is 2. The van der Waals surface area contributed by atoms with Gasteiger partial charge >= 0.3 is 6.18 Å². The van der Waals surface area contributed by atoms with Crippen molar-refractivity contribution < 1.29 is 31.9 Å². The minimum absolute atomic E-state index is 0.424. The van der Waals surface area contributed by atoms with Crippen LogP contribution in [0, 0.1) is 11.6 Å². The van der Waals surface area contributed by atoms with E-state index >= 15 is 0 Å². The van der Waals surface area contributed by atoms with Crippen LogP contribution in [0.4, 0.5) is 27.6 Å². The number of halogens is 5. The molecule has 0 radical (unpaired) electrons. The number of carbonyl (C=O) groups excluding carboxylic acids is 1. The Hall–Kier alpha value is -1.70. The third kappa shape index (κ3) is 3.88. The third-order valence-electron chi connectivity index (χ3n) is 2.32. The number of carbonyl (C=O) groups is 1. The zero-order valence-corrected chi connectivity index (χ0v) is 9.68. The van der Waals surface area contributed by atoms with Gasteiger partial charge < -0.3 is 10.4 Å². The van der Waals surface area contributed by atoms with Crippen LogP contribution < -0.4 is 5.32 Å². The van der Waals surface area contributed by atoms with E-state index < -0.39 is 41.4 Å². The Morgan fingerprint density at radius 1 is 1.32 bits per heavy atom. The van der Waals surface area contributed by atoms with Crippen LogP contribution in [0.3, 0.4) is 0 Å². The normalized spacial score (nSPS) is 14.9. The van der Waals surface area contributed by atoms with Crippen molar-refractivity contribution in [2.45, 2.75) is 25.1 Å². The fourth-order valence-electron chi connectivity index (χ4n) is 1.20. The van der Waals surface area contributed by atoms with Crippen LogP contribution in [-0.4, -0.2) is 22.8 Å². The SMILES string of the molecule is C[C@@](O)(CC(=O)Nc1ccc(F)cc1F)C(F)(F)F. The molecule has 3 nitrogen and oxygen atoms in total. The number of hydrogen-bond donors (Lipinski definition) is 2. The van der Waals surface area contributed by atoms with Gasteiger partial charge in [-0.1, -0.05) is 0 Å². The fourth-order valence-corrected chi connectivity index (χ4v) is 1.20. The Kier molecular flexibility index (Phi) is 4.14. The molecule has 0 heterocycles. The average Bonchev–Trinajstić information content (AvgIpc) is 2.19. The lowest BCUT2D eigenvalue weighted by molar-refractivity contribution is -0.252. The molecule has 1 amide bonds. The zero-order valence-electron chi connectivity index (χ0n) is 9.68. The summed E-state index contributed by atoms with van der Waals surface area (Å²) >= 11 is 0. The van der Waals surface area contributed by atoms with Crippen LogP contribution in [0.1, 0.15) is 13.3 Å². The van der Waals surface area contributed by atoms with Gasteiger partial charge in [-0.25, -0.2) is 8.78 Å². The Morgan fingerprint density at radius 3 is 2.37 bits per heavy atom. The van der Waals surface area contributed by atoms with Gasteiger partial charge in [-0.05, 0) is 19.1 Å². The Morgan fingerprint density at radius 2 is 1.89 bits per heavy atom. The third-order valence-corrected chi connectivity index (χ3v) is 2.32. The lowest BCUT2D eigenvalue weighted by atomic mass is 10.0. The molecule has 0 saturated heterocycles. The summed E-state index contributed by atoms with van der Waals surface area (Å²) in [6.07, 6.45) is -6.29. The molecule has 0 aliphatic heterocycles. The van der Waals surface area contributed by atoms with Crippen molar-refractivity contribution in [2.75, 3.05) is 5.32 Å². The van der Waals surface area contributed by atoms with Gasteiger partial charge in [0.15, 0.2) is 5.60 Å². The largest absolute Gasteiger partial charge is 0.417 e. The van der Waals surface area contributed by atoms with E-state index in [-0.39, 0.29) is 0 Å². The molecule has 0 aliphatic carbocycles. The predicted octanol–water partition coefficient (Wildman–Crippen LogP) is 2.61. The first-order chi connectivity index (χ1) is 8.53. The Bertz CT molecular complexity index is 484. The molecule has 0 fully saturated rings. The van der Waals surface area contributed by atoms with E-state index in [4.69, 9.17) is 5.11 Å². The Labute approximate surface area is 105 Å². The molecule has 19 heavy (non-hydrogen) atoms. The molecule has 0 bridgehead atoms. The summed E-state index contributed by atoms with van der Waals surface area (Å²) in [5, 5.41) is 10.9. The van der Waals surface area contributed by atoms with E-state index in [9.17, 15) is 26.7 Å². The summed E-state index contributed by atoms with van der Waals surface area (Å²) in [4.78, 5) is 11.3. The number of amides is 1. The van der Waals surface area contributed by atoms with Gasteiger partial charge in [-0.15, -0.1) is 0 Å². The van der Waals surface area contributed by atoms with Crippen molar-refractivity contribution in [3.8, 4) is 0 Å². The first-order valence-electron chi connectivity index (χ1n) is 5.07. The van der Waals surface area contributed by atoms with Gasteiger partial charge in [0, 0.05) is 6.07 Å². The number of benzene rings is 1. The van der Waals surface area contributed by atoms with E-state index in [2.05, 4.69) is 0 Å². The van der Waals surface area contributed by atoms with E-state index in [0.29, 0.717) is 13.0 Å². The molecular weight excluding hydrogens is 273 g/mol. The van der Waals surface area contributed by atoms with Crippen LogP contribution in [-0.2, 0) is 4.79 Å². The van der Waals surface area contributed by atoms with Crippen LogP contribution in [0.5, 0.6) is 0 Å². The molecule has 106 valence electrons. The highest BCUT2D eigenvalue weighted by atomic mass is 19.4. The zero-order chi connectivity index (χ0) is 14.8. The van der Waals surface area contributed by atoms with Crippen molar-refractivity contribution in [1.82, 2.24) is 0 Å². The van der Waals surface area contributed by atoms with Crippen molar-refractivity contribution in [3.05, 3.63) is 29.8 Å². The summed E-state index contributed by atoms with van der Waals surface area (Å²) in [7, 11) is 0. The molecule has 1 aromatic carbocycles. The fraction of sp³-hybridized carbons (Fsp3) is 0.364. The lowest BCUT2D eigenvalue weighted by Gasteiger charge is -2.25. The topological polar surface area (TPSA) is 49.3 Å². The van der Waals surface area contributed by atoms with Crippen molar-refractivity contribution in [3.63, 3.8) is 0 Å². The summed E-state index contributed by atoms with van der Waals surface area (Å²) in [5.74, 6) is -3.26. The minimum atomic E-state index is -4.99. The van der Waals surface area contributed by atoms with Crippen LogP contribution >= 0.6 is 0 Å². The second-order valence-electron chi connectivity index (χ2n) is 4.12. The number of aliphatic hydroxyl groups is 1. The molecule has 1 rings (SSSR count). The maximum atomic E-state index is 13.1. The molecule has 0 aliphatic rings. The smallest absolute Gasteiger partial charge is 0.380 e. The molecule has 2 N–H and O–H groups in total. The van der Waals surface area contributed by atoms with E-state index in [1.165, 1.54) is 0 Å². The molecule has 8 heteroatoms. The van der Waals surface area contributed by atoms with Gasteiger partial charge in [-0.2, -0.15) is 13.2 Å². The lowest BCUT2D eigenvalue weighted by Crippen LogP contribution is -2.44. The number of anilines is 1. The first-order valence-corrected chi connectivity index (χ1v) is 5.07. The maximum Gasteiger partial charge on any atom is 0.417 e. The highest BCUT2D eigenvalue weighted by Crippen LogP contribution is 2.32. The second-order valence-corrected chi connectivity index (χ2v) is 4.12. The molecule has 0 saturated carbocycles. The van der Waals surface area contributed by atoms with Crippen molar-refractivity contribution in [1.29, 1.82) is 0 Å². The summed E-state index contributed by atoms with van der Waals surface area (Å²) in [6.45, 7) is 0.424. The van der Waals surface area contributed by atoms with E-state index in [1.807, 2.05) is 5.32 Å². The first kappa shape index (κ1) is 15.4. The average molecular weight is 283 g/mol. The van der Waals surface area contributed by atoms with Gasteiger partial charge in [0.1, 0.15) is 11.6 Å². The van der Waals surface area contributed by atoms with Gasteiger partial charge in [-0.3, -0.25) is 4.79 Å². The summed E-state index contributed by atoms with van der Waals surface area (Å²) in [6, 6.07) is 2.17. The Balaban J connectivity index is 2.76. The summed E-state index contributed by atoms with van der Waals surface area (Å²) in [5.41, 5.74) is -3.70. The van der Waals surface area contributed by atoms with Gasteiger partial charge in [0.2, 0.25) is 5.91 Å². The van der Waals surface area contributed by atoms with Crippen LogP contribution in [0.15, 0.2) is 18.2 Å². The van der Waals surface area contributed by atoms with E-state index in [1.54, 1.807) is 0 Å². The highest BCUT2D eigenvalue weighted by molar-refractivity contribution is 5.91. The molecule has 1 aromatic rings. The van der Waals surface area contributed by atoms with E-state index in [0.717, 1.165) is 12.1 Å². The maximum absolute atomic E-state index is 13.1. The highest BCUT2D eigenvalue weighted by Gasteiger charge is 2.51. The second kappa shape index (κ2) is 5.12. The quantitative estimate of drug-likeness (QED) is 0.838. The van der Waals surface area contributed by atoms with Crippen LogP contribution in [0.25, 0.3) is 0 Å². The van der Waals surface area contributed by atoms with Crippen molar-refractivity contribution >= 4 is 11.6 Å². The predicted molar refractivity (Wildman–Crippen MR) is 56.3 cm³/mol. The molecular formula is C11H10F5NO2. The van der Waals surface area contributed by atoms with Gasteiger partial charge in [0.25, 0.3) is 0 Å². The molecule has 1 atom stereocenters. The molecule has 0 aromatic heterocycles. The molecule has 0 spiro atoms. The monoisotopic (exact) mass is 283 g/mol. The van der Waals surface area contributed by atoms with Crippen molar-refractivity contribution in [2.24, 2.45) is 0 Å². The number of nitrogens with one attached hydrogen (secondary N) is 1. The summed E-state index contributed by atoms with van der Waals surface area (Å²) < 4.78 is 62.6. The van der Waals surface area contributed by atoms with Crippen LogP contribution in [0.2, 0.25) is 0 Å². The molecule has 0 unspecified atom stereocenters.